The first-order valence-electron chi connectivity index (χ1n) is 5.52. The van der Waals surface area contributed by atoms with Crippen molar-refractivity contribution in [2.75, 3.05) is 6.61 Å². The maximum atomic E-state index is 11.0. The fraction of sp³-hybridized carbons (Fsp3) is 0.385. The highest BCUT2D eigenvalue weighted by Crippen LogP contribution is 2.32. The highest BCUT2D eigenvalue weighted by atomic mass is 79.9. The molecule has 0 aliphatic heterocycles. The fourth-order valence-corrected chi connectivity index (χ4v) is 2.86. The van der Waals surface area contributed by atoms with Crippen LogP contribution in [0.5, 0.6) is 5.75 Å². The number of carbonyl (C=O) groups is 2. The van der Waals surface area contributed by atoms with E-state index in [1.165, 1.54) is 6.92 Å². The van der Waals surface area contributed by atoms with E-state index in [0.717, 1.165) is 4.47 Å². The van der Waals surface area contributed by atoms with Gasteiger partial charge in [-0.05, 0) is 41.9 Å². The van der Waals surface area contributed by atoms with Crippen molar-refractivity contribution in [2.45, 2.75) is 26.4 Å². The van der Waals surface area contributed by atoms with Crippen LogP contribution < -0.4 is 4.74 Å². The number of benzene rings is 1. The van der Waals surface area contributed by atoms with E-state index in [0.29, 0.717) is 22.1 Å². The van der Waals surface area contributed by atoms with Crippen molar-refractivity contribution in [2.24, 2.45) is 0 Å². The van der Waals surface area contributed by atoms with E-state index in [1.807, 2.05) is 0 Å². The minimum Gasteiger partial charge on any atom is -0.488 e. The summed E-state index contributed by atoms with van der Waals surface area (Å²) in [5, 5.41) is 0. The normalized spacial score (nSPS) is 11.0. The highest BCUT2D eigenvalue weighted by Gasteiger charge is 2.23. The topological polar surface area (TPSA) is 52.6 Å². The summed E-state index contributed by atoms with van der Waals surface area (Å²) in [5.41, 5.74) is -0.349. The lowest BCUT2D eigenvalue weighted by Crippen LogP contribution is -2.34. The lowest BCUT2D eigenvalue weighted by atomic mass is 10.1. The molecular weight excluding hydrogens is 380 g/mol. The molecule has 6 heteroatoms. The van der Waals surface area contributed by atoms with Gasteiger partial charge in [0, 0.05) is 11.4 Å². The number of ether oxygens (including phenoxy) is 2. The second-order valence-electron chi connectivity index (χ2n) is 4.57. The highest BCUT2D eigenvalue weighted by molar-refractivity contribution is 9.11. The van der Waals surface area contributed by atoms with Crippen LogP contribution in [0.1, 0.15) is 31.1 Å². The van der Waals surface area contributed by atoms with Crippen LogP contribution in [0.2, 0.25) is 0 Å². The Bertz CT molecular complexity index is 498. The Labute approximate surface area is 128 Å². The van der Waals surface area contributed by atoms with E-state index >= 15 is 0 Å². The van der Waals surface area contributed by atoms with Gasteiger partial charge in [0.15, 0.2) is 6.29 Å². The molecule has 0 saturated heterocycles. The maximum absolute atomic E-state index is 11.0. The second-order valence-corrected chi connectivity index (χ2v) is 6.34. The predicted octanol–water partition coefficient (Wildman–Crippen LogP) is 3.74. The molecule has 0 N–H and O–H groups in total. The molecule has 0 radical (unpaired) electrons. The van der Waals surface area contributed by atoms with Gasteiger partial charge in [0.05, 0.1) is 10.0 Å². The van der Waals surface area contributed by atoms with Crippen LogP contribution in [0.25, 0.3) is 0 Å². The third kappa shape index (κ3) is 4.95. The zero-order chi connectivity index (χ0) is 14.6. The van der Waals surface area contributed by atoms with Crippen molar-refractivity contribution in [3.8, 4) is 5.75 Å². The molecule has 0 aromatic heterocycles. The van der Waals surface area contributed by atoms with Gasteiger partial charge in [-0.25, -0.2) is 0 Å². The second kappa shape index (κ2) is 6.52. The van der Waals surface area contributed by atoms with Crippen molar-refractivity contribution in [3.63, 3.8) is 0 Å². The van der Waals surface area contributed by atoms with Gasteiger partial charge in [0.2, 0.25) is 0 Å². The molecule has 0 atom stereocenters. The number of aldehydes is 1. The van der Waals surface area contributed by atoms with Crippen LogP contribution in [-0.4, -0.2) is 24.5 Å². The van der Waals surface area contributed by atoms with Crippen LogP contribution >= 0.6 is 31.9 Å². The Kier molecular flexibility index (Phi) is 5.55. The summed E-state index contributed by atoms with van der Waals surface area (Å²) < 4.78 is 12.1. The summed E-state index contributed by atoms with van der Waals surface area (Å²) in [6, 6.07) is 3.44. The minimum atomic E-state index is -0.765. The molecule has 0 saturated carbocycles. The van der Waals surface area contributed by atoms with Crippen molar-refractivity contribution in [3.05, 3.63) is 26.6 Å². The van der Waals surface area contributed by atoms with E-state index in [1.54, 1.807) is 26.0 Å². The molecule has 19 heavy (non-hydrogen) atoms. The van der Waals surface area contributed by atoms with Crippen LogP contribution in [-0.2, 0) is 9.53 Å². The fourth-order valence-electron chi connectivity index (χ4n) is 1.48. The quantitative estimate of drug-likeness (QED) is 0.564. The molecule has 4 nitrogen and oxygen atoms in total. The summed E-state index contributed by atoms with van der Waals surface area (Å²) in [5.74, 6) is 0.0532. The number of hydrogen-bond donors (Lipinski definition) is 0. The molecule has 104 valence electrons. The van der Waals surface area contributed by atoms with Gasteiger partial charge in [-0.15, -0.1) is 0 Å². The average Bonchev–Trinajstić information content (AvgIpc) is 2.24. The van der Waals surface area contributed by atoms with Crippen molar-refractivity contribution >= 4 is 44.1 Å². The van der Waals surface area contributed by atoms with Crippen molar-refractivity contribution in [1.82, 2.24) is 0 Å². The third-order valence-corrected chi connectivity index (χ3v) is 3.20. The standard InChI is InChI=1S/C13H14Br2O4/c1-8(17)19-13(2,3)7-18-12-9(6-16)4-10(14)5-11(12)15/h4-6H,7H2,1-3H3. The molecule has 0 aliphatic carbocycles. The Hall–Kier alpha value is -0.880. The number of esters is 1. The Morgan fingerprint density at radius 1 is 1.37 bits per heavy atom. The maximum Gasteiger partial charge on any atom is 0.303 e. The summed E-state index contributed by atoms with van der Waals surface area (Å²) in [4.78, 5) is 22.0. The van der Waals surface area contributed by atoms with Crippen molar-refractivity contribution in [1.29, 1.82) is 0 Å². The molecule has 0 heterocycles. The zero-order valence-corrected chi connectivity index (χ0v) is 14.0. The Morgan fingerprint density at radius 2 is 2.00 bits per heavy atom. The first-order valence-corrected chi connectivity index (χ1v) is 7.10. The molecule has 1 rings (SSSR count). The molecule has 0 spiro atoms. The smallest absolute Gasteiger partial charge is 0.303 e. The van der Waals surface area contributed by atoms with Gasteiger partial charge >= 0.3 is 5.97 Å². The largest absolute Gasteiger partial charge is 0.488 e. The zero-order valence-electron chi connectivity index (χ0n) is 10.8. The lowest BCUT2D eigenvalue weighted by Gasteiger charge is -2.25. The molecule has 0 fully saturated rings. The van der Waals surface area contributed by atoms with Gasteiger partial charge in [-0.2, -0.15) is 0 Å². The van der Waals surface area contributed by atoms with Gasteiger partial charge in [0.25, 0.3) is 0 Å². The van der Waals surface area contributed by atoms with Gasteiger partial charge in [-0.3, -0.25) is 9.59 Å². The molecule has 0 aliphatic rings. The summed E-state index contributed by atoms with van der Waals surface area (Å²) >= 11 is 6.63. The van der Waals surface area contributed by atoms with Crippen molar-refractivity contribution < 1.29 is 19.1 Å². The van der Waals surface area contributed by atoms with E-state index in [9.17, 15) is 9.59 Å². The van der Waals surface area contributed by atoms with Crippen LogP contribution in [0.3, 0.4) is 0 Å². The summed E-state index contributed by atoms with van der Waals surface area (Å²) in [7, 11) is 0. The van der Waals surface area contributed by atoms with E-state index in [2.05, 4.69) is 31.9 Å². The SMILES string of the molecule is CC(=O)OC(C)(C)COc1c(Br)cc(Br)cc1C=O. The molecular formula is C13H14Br2O4. The van der Waals surface area contributed by atoms with Gasteiger partial charge in [0.1, 0.15) is 18.0 Å². The average molecular weight is 394 g/mol. The van der Waals surface area contributed by atoms with Crippen LogP contribution in [0.15, 0.2) is 21.1 Å². The molecule has 0 unspecified atom stereocenters. The Morgan fingerprint density at radius 3 is 2.53 bits per heavy atom. The van der Waals surface area contributed by atoms with E-state index < -0.39 is 5.60 Å². The van der Waals surface area contributed by atoms with Gasteiger partial charge < -0.3 is 9.47 Å². The van der Waals surface area contributed by atoms with Crippen LogP contribution in [0, 0.1) is 0 Å². The molecule has 0 amide bonds. The first kappa shape index (κ1) is 16.2. The molecule has 1 aromatic carbocycles. The Balaban J connectivity index is 2.88. The van der Waals surface area contributed by atoms with Crippen LogP contribution in [0.4, 0.5) is 0 Å². The summed E-state index contributed by atoms with van der Waals surface area (Å²) in [6.07, 6.45) is 0.712. The summed E-state index contributed by atoms with van der Waals surface area (Å²) in [6.45, 7) is 4.96. The van der Waals surface area contributed by atoms with Gasteiger partial charge in [-0.1, -0.05) is 15.9 Å². The van der Waals surface area contributed by atoms with E-state index in [-0.39, 0.29) is 12.6 Å². The number of halogens is 2. The number of rotatable bonds is 5. The monoisotopic (exact) mass is 392 g/mol. The lowest BCUT2D eigenvalue weighted by molar-refractivity contribution is -0.156. The number of carbonyl (C=O) groups excluding carboxylic acids is 2. The van der Waals surface area contributed by atoms with E-state index in [4.69, 9.17) is 9.47 Å². The first-order chi connectivity index (χ1) is 8.75. The predicted molar refractivity (Wildman–Crippen MR) is 78.6 cm³/mol. The number of hydrogen-bond acceptors (Lipinski definition) is 4. The third-order valence-electron chi connectivity index (χ3n) is 2.15. The molecule has 0 bridgehead atoms. The molecule has 1 aromatic rings. The minimum absolute atomic E-state index is 0.146.